The van der Waals surface area contributed by atoms with Crippen LogP contribution in [0.1, 0.15) is 29.3 Å². The van der Waals surface area contributed by atoms with Gasteiger partial charge in [0.05, 0.1) is 24.7 Å². The van der Waals surface area contributed by atoms with Crippen molar-refractivity contribution in [1.29, 1.82) is 0 Å². The van der Waals surface area contributed by atoms with Crippen LogP contribution in [-0.4, -0.2) is 30.3 Å². The van der Waals surface area contributed by atoms with Crippen molar-refractivity contribution >= 4 is 5.97 Å². The number of hydrogen-bond donors (Lipinski definition) is 1. The van der Waals surface area contributed by atoms with Gasteiger partial charge in [0.25, 0.3) is 0 Å². The van der Waals surface area contributed by atoms with Crippen molar-refractivity contribution < 1.29 is 36.6 Å². The molecule has 1 unspecified atom stereocenters. The summed E-state index contributed by atoms with van der Waals surface area (Å²) in [7, 11) is 1.09. The summed E-state index contributed by atoms with van der Waals surface area (Å²) in [5.41, 5.74) is -2.77. The van der Waals surface area contributed by atoms with Crippen LogP contribution in [0.25, 0.3) is 0 Å². The number of carbonyl (C=O) groups excluding carboxylic acids is 1. The third-order valence-corrected chi connectivity index (χ3v) is 2.89. The van der Waals surface area contributed by atoms with Crippen LogP contribution < -0.4 is 0 Å². The topological polar surface area (TPSA) is 46.5 Å². The molecule has 1 atom stereocenters. The molecule has 118 valence electrons. The average molecular weight is 312 g/mol. The molecule has 0 spiro atoms. The van der Waals surface area contributed by atoms with E-state index in [-0.39, 0.29) is 11.1 Å². The molecule has 0 aliphatic rings. The van der Waals surface area contributed by atoms with Crippen molar-refractivity contribution in [1.82, 2.24) is 0 Å². The van der Waals surface area contributed by atoms with E-state index in [0.717, 1.165) is 26.2 Å². The minimum absolute atomic E-state index is 0.0643. The molecule has 1 aromatic rings. The number of rotatable bonds is 4. The van der Waals surface area contributed by atoms with Gasteiger partial charge in [-0.05, 0) is 24.6 Å². The van der Waals surface area contributed by atoms with Crippen LogP contribution in [0.3, 0.4) is 0 Å². The molecule has 0 bridgehead atoms. The predicted molar refractivity (Wildman–Crippen MR) is 63.0 cm³/mol. The van der Waals surface area contributed by atoms with Gasteiger partial charge in [0.1, 0.15) is 0 Å². The molecule has 0 amide bonds. The first-order valence-corrected chi connectivity index (χ1v) is 5.76. The van der Waals surface area contributed by atoms with Crippen molar-refractivity contribution in [3.63, 3.8) is 0 Å². The van der Waals surface area contributed by atoms with Gasteiger partial charge in [-0.2, -0.15) is 22.0 Å². The number of carbonyl (C=O) groups is 1. The third-order valence-electron chi connectivity index (χ3n) is 2.89. The second-order valence-electron chi connectivity index (χ2n) is 4.73. The van der Waals surface area contributed by atoms with E-state index in [1.807, 2.05) is 0 Å². The van der Waals surface area contributed by atoms with Gasteiger partial charge in [0.15, 0.2) is 0 Å². The molecule has 0 saturated carbocycles. The highest BCUT2D eigenvalue weighted by Gasteiger charge is 2.60. The van der Waals surface area contributed by atoms with Gasteiger partial charge in [-0.3, -0.25) is 0 Å². The van der Waals surface area contributed by atoms with Crippen LogP contribution in [0.4, 0.5) is 22.0 Å². The zero-order valence-electron chi connectivity index (χ0n) is 11.2. The number of hydrogen-bond acceptors (Lipinski definition) is 3. The Morgan fingerprint density at radius 2 is 1.81 bits per heavy atom. The fourth-order valence-electron chi connectivity index (χ4n) is 1.73. The maximum Gasteiger partial charge on any atom is 0.453 e. The molecular weight excluding hydrogens is 299 g/mol. The van der Waals surface area contributed by atoms with Crippen molar-refractivity contribution in [2.45, 2.75) is 31.0 Å². The fourth-order valence-corrected chi connectivity index (χ4v) is 1.73. The minimum atomic E-state index is -5.77. The monoisotopic (exact) mass is 312 g/mol. The maximum absolute atomic E-state index is 13.1. The molecule has 0 radical (unpaired) electrons. The SMILES string of the molecule is COC(=O)c1cccc(C(C)(O)CC(F)(F)C(F)(F)F)c1. The van der Waals surface area contributed by atoms with Crippen LogP contribution in [0.15, 0.2) is 24.3 Å². The molecule has 1 N–H and O–H groups in total. The van der Waals surface area contributed by atoms with Gasteiger partial charge in [-0.15, -0.1) is 0 Å². The lowest BCUT2D eigenvalue weighted by Gasteiger charge is -2.30. The average Bonchev–Trinajstić information content (AvgIpc) is 2.35. The Balaban J connectivity index is 3.11. The van der Waals surface area contributed by atoms with Crippen LogP contribution in [-0.2, 0) is 10.3 Å². The van der Waals surface area contributed by atoms with E-state index in [0.29, 0.717) is 0 Å². The smallest absolute Gasteiger partial charge is 0.453 e. The van der Waals surface area contributed by atoms with E-state index in [1.54, 1.807) is 0 Å². The highest BCUT2D eigenvalue weighted by atomic mass is 19.4. The van der Waals surface area contributed by atoms with Gasteiger partial charge in [0, 0.05) is 0 Å². The Bertz CT molecular complexity index is 523. The molecule has 0 saturated heterocycles. The molecule has 3 nitrogen and oxygen atoms in total. The molecule has 0 aliphatic heterocycles. The van der Waals surface area contributed by atoms with E-state index in [9.17, 15) is 31.9 Å². The molecular formula is C13H13F5O3. The molecule has 1 aromatic carbocycles. The zero-order valence-corrected chi connectivity index (χ0v) is 11.2. The van der Waals surface area contributed by atoms with Crippen molar-refractivity contribution in [3.05, 3.63) is 35.4 Å². The lowest BCUT2D eigenvalue weighted by Crippen LogP contribution is -2.42. The molecule has 1 rings (SSSR count). The summed E-state index contributed by atoms with van der Waals surface area (Å²) in [6.07, 6.45) is -7.62. The van der Waals surface area contributed by atoms with E-state index in [4.69, 9.17) is 0 Å². The summed E-state index contributed by atoms with van der Waals surface area (Å²) in [4.78, 5) is 11.3. The Hall–Kier alpha value is -1.70. The predicted octanol–water partition coefficient (Wildman–Crippen LogP) is 3.27. The highest BCUT2D eigenvalue weighted by molar-refractivity contribution is 5.89. The Labute approximate surface area is 117 Å². The van der Waals surface area contributed by atoms with E-state index < -0.39 is 30.1 Å². The summed E-state index contributed by atoms with van der Waals surface area (Å²) in [5, 5.41) is 9.93. The van der Waals surface area contributed by atoms with Gasteiger partial charge in [-0.1, -0.05) is 12.1 Å². The first-order valence-electron chi connectivity index (χ1n) is 5.76. The van der Waals surface area contributed by atoms with E-state index in [2.05, 4.69) is 4.74 Å². The van der Waals surface area contributed by atoms with Gasteiger partial charge >= 0.3 is 18.1 Å². The van der Waals surface area contributed by atoms with Gasteiger partial charge in [0.2, 0.25) is 0 Å². The van der Waals surface area contributed by atoms with Gasteiger partial charge in [-0.25, -0.2) is 4.79 Å². The van der Waals surface area contributed by atoms with Crippen LogP contribution in [0.5, 0.6) is 0 Å². The quantitative estimate of drug-likeness (QED) is 0.685. The Morgan fingerprint density at radius 3 is 2.29 bits per heavy atom. The molecule has 0 aromatic heterocycles. The zero-order chi connectivity index (χ0) is 16.5. The van der Waals surface area contributed by atoms with Crippen LogP contribution in [0, 0.1) is 0 Å². The van der Waals surface area contributed by atoms with Crippen molar-refractivity contribution in [2.24, 2.45) is 0 Å². The molecule has 21 heavy (non-hydrogen) atoms. The number of esters is 1. The summed E-state index contributed by atoms with van der Waals surface area (Å²) in [6.45, 7) is 0.822. The summed E-state index contributed by atoms with van der Waals surface area (Å²) in [5.74, 6) is -5.85. The molecule has 0 heterocycles. The molecule has 0 aliphatic carbocycles. The Morgan fingerprint density at radius 1 is 1.24 bits per heavy atom. The fraction of sp³-hybridized carbons (Fsp3) is 0.462. The summed E-state index contributed by atoms with van der Waals surface area (Å²) in [6, 6.07) is 4.70. The molecule has 0 fully saturated rings. The second kappa shape index (κ2) is 5.59. The number of alkyl halides is 5. The minimum Gasteiger partial charge on any atom is -0.465 e. The van der Waals surface area contributed by atoms with E-state index in [1.165, 1.54) is 12.1 Å². The van der Waals surface area contributed by atoms with Crippen molar-refractivity contribution in [2.75, 3.05) is 7.11 Å². The normalized spacial score (nSPS) is 15.4. The van der Waals surface area contributed by atoms with Crippen molar-refractivity contribution in [3.8, 4) is 0 Å². The van der Waals surface area contributed by atoms with Crippen LogP contribution >= 0.6 is 0 Å². The van der Waals surface area contributed by atoms with E-state index >= 15 is 0 Å². The molecule has 8 heteroatoms. The largest absolute Gasteiger partial charge is 0.465 e. The highest BCUT2D eigenvalue weighted by Crippen LogP contribution is 2.43. The third kappa shape index (κ3) is 3.90. The summed E-state index contributed by atoms with van der Waals surface area (Å²) >= 11 is 0. The lowest BCUT2D eigenvalue weighted by atomic mass is 9.88. The lowest BCUT2D eigenvalue weighted by molar-refractivity contribution is -0.296. The number of methoxy groups -OCH3 is 1. The first kappa shape index (κ1) is 17.4. The van der Waals surface area contributed by atoms with Gasteiger partial charge < -0.3 is 9.84 Å². The standard InChI is InChI=1S/C13H13F5O3/c1-11(20,7-12(14,15)13(16,17)18)9-5-3-4-8(6-9)10(19)21-2/h3-6,20H,7H2,1-2H3. The number of aliphatic hydroxyl groups is 1. The van der Waals surface area contributed by atoms with Crippen LogP contribution in [0.2, 0.25) is 0 Å². The number of benzene rings is 1. The number of ether oxygens (including phenoxy) is 1. The Kier molecular flexibility index (Phi) is 4.62. The maximum atomic E-state index is 13.1. The number of halogens is 5. The first-order chi connectivity index (χ1) is 9.40. The summed E-state index contributed by atoms with van der Waals surface area (Å²) < 4.78 is 67.2. The second-order valence-corrected chi connectivity index (χ2v) is 4.73.